The number of nitrogens with zero attached hydrogens (tertiary/aromatic N) is 4. The van der Waals surface area contributed by atoms with Crippen LogP contribution in [0.1, 0.15) is 40.4 Å². The maximum absolute atomic E-state index is 13.1. The first-order chi connectivity index (χ1) is 17.2. The quantitative estimate of drug-likeness (QED) is 0.438. The van der Waals surface area contributed by atoms with Gasteiger partial charge < -0.3 is 19.5 Å². The van der Waals surface area contributed by atoms with Crippen molar-refractivity contribution >= 4 is 5.91 Å². The number of carbonyl (C=O) groups excluding carboxylic acids is 1. The lowest BCUT2D eigenvalue weighted by molar-refractivity contribution is 0.0950. The molecule has 1 saturated carbocycles. The Morgan fingerprint density at radius 2 is 1.94 bits per heavy atom. The van der Waals surface area contributed by atoms with Crippen molar-refractivity contribution in [3.05, 3.63) is 77.7 Å². The summed E-state index contributed by atoms with van der Waals surface area (Å²) < 4.78 is 17.8. The third kappa shape index (κ3) is 4.16. The Kier molecular flexibility index (Phi) is 5.29. The molecule has 1 N–H and O–H groups in total. The van der Waals surface area contributed by atoms with Gasteiger partial charge in [-0.25, -0.2) is 14.6 Å². The normalized spacial score (nSPS) is 14.1. The van der Waals surface area contributed by atoms with Crippen LogP contribution in [0.4, 0.5) is 0 Å². The fraction of sp³-hybridized carbons (Fsp3) is 0.231. The molecule has 1 amide bonds. The van der Waals surface area contributed by atoms with Gasteiger partial charge in [-0.2, -0.15) is 5.10 Å². The van der Waals surface area contributed by atoms with Crippen molar-refractivity contribution in [3.63, 3.8) is 0 Å². The number of aromatic nitrogens is 4. The van der Waals surface area contributed by atoms with Crippen LogP contribution in [0.25, 0.3) is 17.2 Å². The van der Waals surface area contributed by atoms with Crippen molar-refractivity contribution in [2.45, 2.75) is 25.3 Å². The summed E-state index contributed by atoms with van der Waals surface area (Å²) in [7, 11) is 1.63. The number of hydrogen-bond donors (Lipinski definition) is 1. The summed E-state index contributed by atoms with van der Waals surface area (Å²) in [5.41, 5.74) is 4.00. The van der Waals surface area contributed by atoms with Crippen molar-refractivity contribution in [1.82, 2.24) is 25.1 Å². The monoisotopic (exact) mass is 469 g/mol. The molecule has 1 aliphatic heterocycles. The molecule has 0 bridgehead atoms. The van der Waals surface area contributed by atoms with Gasteiger partial charge in [-0.3, -0.25) is 4.79 Å². The molecule has 176 valence electrons. The van der Waals surface area contributed by atoms with Crippen LogP contribution in [0.15, 0.2) is 60.9 Å². The summed E-state index contributed by atoms with van der Waals surface area (Å²) >= 11 is 0. The minimum Gasteiger partial charge on any atom is -0.497 e. The molecule has 2 aromatic carbocycles. The molecule has 2 aromatic heterocycles. The molecule has 4 aromatic rings. The van der Waals surface area contributed by atoms with E-state index < -0.39 is 0 Å². The van der Waals surface area contributed by atoms with Gasteiger partial charge in [-0.05, 0) is 54.8 Å². The predicted molar refractivity (Wildman–Crippen MR) is 127 cm³/mol. The summed E-state index contributed by atoms with van der Waals surface area (Å²) in [4.78, 5) is 22.3. The van der Waals surface area contributed by atoms with Gasteiger partial charge >= 0.3 is 0 Å². The van der Waals surface area contributed by atoms with Gasteiger partial charge in [-0.15, -0.1) is 0 Å². The molecule has 2 aliphatic rings. The van der Waals surface area contributed by atoms with Gasteiger partial charge in [0.1, 0.15) is 5.75 Å². The van der Waals surface area contributed by atoms with Gasteiger partial charge in [0.05, 0.1) is 30.3 Å². The van der Waals surface area contributed by atoms with Crippen LogP contribution in [0.2, 0.25) is 0 Å². The molecule has 0 spiro atoms. The van der Waals surface area contributed by atoms with E-state index >= 15 is 0 Å². The summed E-state index contributed by atoms with van der Waals surface area (Å²) in [6.07, 6.45) is 5.32. The van der Waals surface area contributed by atoms with Crippen LogP contribution < -0.4 is 19.5 Å². The van der Waals surface area contributed by atoms with E-state index in [1.807, 2.05) is 48.5 Å². The molecule has 3 heterocycles. The molecule has 6 rings (SSSR count). The maximum Gasteiger partial charge on any atom is 0.255 e. The predicted octanol–water partition coefficient (Wildman–Crippen LogP) is 3.87. The van der Waals surface area contributed by atoms with Crippen molar-refractivity contribution in [2.75, 3.05) is 13.9 Å². The zero-order chi connectivity index (χ0) is 23.8. The van der Waals surface area contributed by atoms with E-state index in [9.17, 15) is 4.79 Å². The Morgan fingerprint density at radius 3 is 2.74 bits per heavy atom. The fourth-order valence-corrected chi connectivity index (χ4v) is 4.13. The number of ether oxygens (including phenoxy) is 3. The van der Waals surface area contributed by atoms with Crippen molar-refractivity contribution in [3.8, 4) is 34.5 Å². The maximum atomic E-state index is 13.1. The second-order valence-corrected chi connectivity index (χ2v) is 8.47. The Labute approximate surface area is 201 Å². The molecule has 0 atom stereocenters. The molecule has 0 unspecified atom stereocenters. The molecule has 1 aliphatic carbocycles. The molecule has 0 saturated heterocycles. The highest BCUT2D eigenvalue weighted by Gasteiger charge is 2.33. The average molecular weight is 470 g/mol. The van der Waals surface area contributed by atoms with Gasteiger partial charge in [0.15, 0.2) is 11.5 Å². The second kappa shape index (κ2) is 8.75. The van der Waals surface area contributed by atoms with Crippen LogP contribution in [0.5, 0.6) is 17.2 Å². The first-order valence-electron chi connectivity index (χ1n) is 11.4. The van der Waals surface area contributed by atoms with Crippen LogP contribution >= 0.6 is 0 Å². The number of benzene rings is 2. The van der Waals surface area contributed by atoms with E-state index in [-0.39, 0.29) is 18.6 Å². The first kappa shape index (κ1) is 21.2. The van der Waals surface area contributed by atoms with Gasteiger partial charge in [0.2, 0.25) is 6.79 Å². The Hall–Kier alpha value is -4.40. The second-order valence-electron chi connectivity index (χ2n) is 8.47. The summed E-state index contributed by atoms with van der Waals surface area (Å²) in [5, 5.41) is 7.51. The van der Waals surface area contributed by atoms with E-state index in [4.69, 9.17) is 19.2 Å². The van der Waals surface area contributed by atoms with Gasteiger partial charge in [0.25, 0.3) is 11.9 Å². The average Bonchev–Trinajstić information content (AvgIpc) is 3.46. The number of methoxy groups -OCH3 is 1. The van der Waals surface area contributed by atoms with Gasteiger partial charge in [-0.1, -0.05) is 12.1 Å². The summed E-state index contributed by atoms with van der Waals surface area (Å²) in [6.45, 7) is 0.628. The highest BCUT2D eigenvalue weighted by molar-refractivity contribution is 5.95. The smallest absolute Gasteiger partial charge is 0.255 e. The van der Waals surface area contributed by atoms with Crippen LogP contribution in [0.3, 0.4) is 0 Å². The first-order valence-corrected chi connectivity index (χ1v) is 11.4. The minimum atomic E-state index is -0.166. The SMILES string of the molecule is COc1ccc(CNC(=O)c2cnn(-c3nccc(-c4ccc5c(c4)OCO5)n3)c2C2CC2)cc1. The largest absolute Gasteiger partial charge is 0.497 e. The van der Waals surface area contributed by atoms with Crippen molar-refractivity contribution < 1.29 is 19.0 Å². The topological polar surface area (TPSA) is 100 Å². The van der Waals surface area contributed by atoms with Gasteiger partial charge in [0, 0.05) is 24.2 Å². The fourth-order valence-electron chi connectivity index (χ4n) is 4.13. The van der Waals surface area contributed by atoms with Crippen molar-refractivity contribution in [1.29, 1.82) is 0 Å². The highest BCUT2D eigenvalue weighted by atomic mass is 16.7. The summed E-state index contributed by atoms with van der Waals surface area (Å²) in [5.74, 6) is 2.71. The molecular weight excluding hydrogens is 446 g/mol. The molecule has 9 nitrogen and oxygen atoms in total. The van der Waals surface area contributed by atoms with E-state index in [2.05, 4.69) is 15.4 Å². The van der Waals surface area contributed by atoms with Crippen LogP contribution in [-0.2, 0) is 6.54 Å². The van der Waals surface area contributed by atoms with E-state index in [0.717, 1.165) is 46.9 Å². The van der Waals surface area contributed by atoms with Crippen molar-refractivity contribution in [2.24, 2.45) is 0 Å². The molecule has 0 radical (unpaired) electrons. The summed E-state index contributed by atoms with van der Waals surface area (Å²) in [6, 6.07) is 15.1. The highest BCUT2D eigenvalue weighted by Crippen LogP contribution is 2.42. The molecular formula is C26H23N5O4. The zero-order valence-electron chi connectivity index (χ0n) is 19.1. The van der Waals surface area contributed by atoms with E-state index in [1.54, 1.807) is 24.2 Å². The lowest BCUT2D eigenvalue weighted by Crippen LogP contribution is -2.23. The number of fused-ring (bicyclic) bond motifs is 1. The molecule has 9 heteroatoms. The van der Waals surface area contributed by atoms with E-state index in [0.29, 0.717) is 23.8 Å². The molecule has 35 heavy (non-hydrogen) atoms. The Morgan fingerprint density at radius 1 is 1.11 bits per heavy atom. The Balaban J connectivity index is 1.26. The van der Waals surface area contributed by atoms with Crippen LogP contribution in [0, 0.1) is 0 Å². The standard InChI is InChI=1S/C26H23N5O4/c1-33-19-7-2-16(3-8-19)13-28-25(32)20-14-29-31(24(20)17-4-5-17)26-27-11-10-21(30-26)18-6-9-22-23(12-18)35-15-34-22/h2-3,6-12,14,17H,4-5,13,15H2,1H3,(H,28,32). The van der Waals surface area contributed by atoms with E-state index in [1.165, 1.54) is 0 Å². The number of rotatable bonds is 7. The number of amides is 1. The third-order valence-corrected chi connectivity index (χ3v) is 6.13. The number of carbonyl (C=O) groups is 1. The minimum absolute atomic E-state index is 0.166. The zero-order valence-corrected chi connectivity index (χ0v) is 19.1. The number of nitrogens with one attached hydrogen (secondary N) is 1. The number of hydrogen-bond acceptors (Lipinski definition) is 7. The molecule has 1 fully saturated rings. The lowest BCUT2D eigenvalue weighted by Gasteiger charge is -2.10. The van der Waals surface area contributed by atoms with Crippen LogP contribution in [-0.4, -0.2) is 39.6 Å². The Bertz CT molecular complexity index is 1400. The third-order valence-electron chi connectivity index (χ3n) is 6.13. The lowest BCUT2D eigenvalue weighted by atomic mass is 10.1.